The molecule has 1 unspecified atom stereocenters. The minimum atomic E-state index is -4.96. The third kappa shape index (κ3) is 6.64. The number of alkyl halides is 5. The maximum absolute atomic E-state index is 14.4. The number of amidine groups is 1. The van der Waals surface area contributed by atoms with Gasteiger partial charge in [0.05, 0.1) is 16.7 Å². The molecule has 3 N–H and O–H groups in total. The minimum Gasteiger partial charge on any atom is -0.492 e. The second kappa shape index (κ2) is 10.9. The van der Waals surface area contributed by atoms with E-state index in [1.165, 1.54) is 24.1 Å². The Morgan fingerprint density at radius 2 is 1.73 bits per heavy atom. The van der Waals surface area contributed by atoms with Gasteiger partial charge < -0.3 is 9.64 Å². The molecule has 2 aliphatic rings. The fraction of sp³-hybridized carbons (Fsp3) is 0.480. The topological polar surface area (TPSA) is 98.3 Å². The summed E-state index contributed by atoms with van der Waals surface area (Å²) in [5.74, 6) is -4.12. The molecular formula is C25H30F6N6O3S. The number of ether oxygens (including phenoxy) is 1. The van der Waals surface area contributed by atoms with Crippen molar-refractivity contribution in [3.05, 3.63) is 47.8 Å². The number of rotatable bonds is 8. The highest BCUT2D eigenvalue weighted by atomic mass is 32.2. The Kier molecular flexibility index (Phi) is 8.14. The zero-order valence-electron chi connectivity index (χ0n) is 22.6. The summed E-state index contributed by atoms with van der Waals surface area (Å²) in [5.41, 5.74) is 5.35. The average molecular weight is 609 g/mol. The van der Waals surface area contributed by atoms with Crippen LogP contribution in [0.4, 0.5) is 37.7 Å². The van der Waals surface area contributed by atoms with Crippen LogP contribution in [0.25, 0.3) is 0 Å². The predicted octanol–water partition coefficient (Wildman–Crippen LogP) is 4.75. The SMILES string of the molecule is CN1C(CCC(C)(F)F)CN(c2ccc(F)cc2)c2cc(C(F)(F)F)c(OCC(C)(C)C3=NNNN3)cc2S1(=O)=O. The van der Waals surface area contributed by atoms with Crippen molar-refractivity contribution in [3.8, 4) is 5.75 Å². The van der Waals surface area contributed by atoms with Crippen LogP contribution in [0.5, 0.6) is 5.75 Å². The summed E-state index contributed by atoms with van der Waals surface area (Å²) in [6, 6.07) is 5.11. The second-order valence-electron chi connectivity index (χ2n) is 10.7. The first-order chi connectivity index (χ1) is 18.9. The maximum Gasteiger partial charge on any atom is 0.420 e. The van der Waals surface area contributed by atoms with Crippen LogP contribution in [0, 0.1) is 11.2 Å². The van der Waals surface area contributed by atoms with Crippen molar-refractivity contribution < 1.29 is 39.5 Å². The molecule has 9 nitrogen and oxygen atoms in total. The van der Waals surface area contributed by atoms with E-state index in [0.29, 0.717) is 18.8 Å². The van der Waals surface area contributed by atoms with Crippen molar-refractivity contribution >= 4 is 27.2 Å². The number of nitrogens with zero attached hydrogens (tertiary/aromatic N) is 3. The van der Waals surface area contributed by atoms with Crippen molar-refractivity contribution in [2.45, 2.75) is 56.6 Å². The lowest BCUT2D eigenvalue weighted by Gasteiger charge is -2.30. The number of nitrogens with one attached hydrogen (secondary N) is 3. The summed E-state index contributed by atoms with van der Waals surface area (Å²) in [5, 5.41) is 3.95. The van der Waals surface area contributed by atoms with Crippen molar-refractivity contribution in [1.82, 2.24) is 20.8 Å². The molecular weight excluding hydrogens is 578 g/mol. The zero-order chi connectivity index (χ0) is 30.4. The van der Waals surface area contributed by atoms with Gasteiger partial charge in [-0.15, -0.1) is 10.6 Å². The van der Waals surface area contributed by atoms with E-state index in [1.807, 2.05) is 0 Å². The predicted molar refractivity (Wildman–Crippen MR) is 140 cm³/mol. The molecule has 0 saturated heterocycles. The van der Waals surface area contributed by atoms with Crippen LogP contribution in [0.15, 0.2) is 46.4 Å². The normalized spacial score (nSPS) is 19.6. The van der Waals surface area contributed by atoms with Crippen LogP contribution in [0.2, 0.25) is 0 Å². The molecule has 0 saturated carbocycles. The fourth-order valence-corrected chi connectivity index (χ4v) is 6.05. The lowest BCUT2D eigenvalue weighted by molar-refractivity contribution is -0.139. The Balaban J connectivity index is 1.86. The molecule has 0 bridgehead atoms. The fourth-order valence-electron chi connectivity index (χ4n) is 4.49. The molecule has 226 valence electrons. The summed E-state index contributed by atoms with van der Waals surface area (Å²) in [7, 11) is -3.32. The van der Waals surface area contributed by atoms with Gasteiger partial charge in [0.1, 0.15) is 28.9 Å². The first-order valence-electron chi connectivity index (χ1n) is 12.5. The Labute approximate surface area is 233 Å². The highest BCUT2D eigenvalue weighted by Crippen LogP contribution is 2.46. The maximum atomic E-state index is 14.4. The van der Waals surface area contributed by atoms with Gasteiger partial charge in [-0.3, -0.25) is 5.43 Å². The molecule has 2 aliphatic heterocycles. The number of hydrogen-bond acceptors (Lipinski definition) is 8. The van der Waals surface area contributed by atoms with Gasteiger partial charge in [-0.05, 0) is 57.5 Å². The first kappa shape index (κ1) is 30.7. The molecule has 0 fully saturated rings. The van der Waals surface area contributed by atoms with Gasteiger partial charge in [0.2, 0.25) is 15.9 Å². The van der Waals surface area contributed by atoms with Crippen molar-refractivity contribution in [2.24, 2.45) is 10.5 Å². The van der Waals surface area contributed by atoms with E-state index >= 15 is 0 Å². The number of hydrazine groups is 2. The molecule has 2 aromatic rings. The minimum absolute atomic E-state index is 0.180. The third-order valence-corrected chi connectivity index (χ3v) is 8.85. The van der Waals surface area contributed by atoms with E-state index in [-0.39, 0.29) is 30.9 Å². The van der Waals surface area contributed by atoms with Crippen LogP contribution in [-0.2, 0) is 16.2 Å². The van der Waals surface area contributed by atoms with Crippen LogP contribution < -0.4 is 26.1 Å². The molecule has 0 aromatic heterocycles. The van der Waals surface area contributed by atoms with Crippen molar-refractivity contribution in [2.75, 3.05) is 25.1 Å². The number of fused-ring (bicyclic) bond motifs is 1. The number of sulfonamides is 1. The number of hydrogen-bond donors (Lipinski definition) is 3. The van der Waals surface area contributed by atoms with Gasteiger partial charge in [0.15, 0.2) is 0 Å². The van der Waals surface area contributed by atoms with Crippen molar-refractivity contribution in [1.29, 1.82) is 0 Å². The monoisotopic (exact) mass is 608 g/mol. The van der Waals surface area contributed by atoms with Gasteiger partial charge in [-0.2, -0.15) is 17.5 Å². The molecule has 4 rings (SSSR count). The van der Waals surface area contributed by atoms with Gasteiger partial charge in [0.25, 0.3) is 0 Å². The molecule has 16 heteroatoms. The van der Waals surface area contributed by atoms with E-state index in [2.05, 4.69) is 21.6 Å². The van der Waals surface area contributed by atoms with Crippen LogP contribution >= 0.6 is 0 Å². The average Bonchev–Trinajstić information content (AvgIpc) is 3.40. The molecule has 0 radical (unpaired) electrons. The molecule has 2 aromatic carbocycles. The second-order valence-corrected chi connectivity index (χ2v) is 12.6. The molecule has 0 aliphatic carbocycles. The highest BCUT2D eigenvalue weighted by molar-refractivity contribution is 7.89. The summed E-state index contributed by atoms with van der Waals surface area (Å²) in [6.07, 6.45) is -5.91. The van der Waals surface area contributed by atoms with Gasteiger partial charge >= 0.3 is 6.18 Å². The molecule has 0 amide bonds. The van der Waals surface area contributed by atoms with Crippen LogP contribution in [0.1, 0.15) is 39.2 Å². The highest BCUT2D eigenvalue weighted by Gasteiger charge is 2.43. The Hall–Kier alpha value is -3.24. The third-order valence-electron chi connectivity index (χ3n) is 6.91. The van der Waals surface area contributed by atoms with Crippen LogP contribution in [0.3, 0.4) is 0 Å². The first-order valence-corrected chi connectivity index (χ1v) is 14.0. The quantitative estimate of drug-likeness (QED) is 0.372. The van der Waals surface area contributed by atoms with Gasteiger partial charge in [0, 0.05) is 37.8 Å². The van der Waals surface area contributed by atoms with E-state index in [4.69, 9.17) is 4.74 Å². The Morgan fingerprint density at radius 3 is 2.29 bits per heavy atom. The summed E-state index contributed by atoms with van der Waals surface area (Å²) < 4.78 is 118. The van der Waals surface area contributed by atoms with E-state index in [9.17, 15) is 34.8 Å². The Bertz CT molecular complexity index is 1410. The molecule has 0 spiro atoms. The van der Waals surface area contributed by atoms with Gasteiger partial charge in [-0.25, -0.2) is 27.1 Å². The van der Waals surface area contributed by atoms with E-state index in [1.54, 1.807) is 13.8 Å². The smallest absolute Gasteiger partial charge is 0.420 e. The van der Waals surface area contributed by atoms with E-state index in [0.717, 1.165) is 22.5 Å². The summed E-state index contributed by atoms with van der Waals surface area (Å²) in [4.78, 5) is 0.752. The molecule has 2 heterocycles. The number of anilines is 2. The number of benzene rings is 2. The number of halogens is 6. The number of likely N-dealkylation sites (N-methyl/N-ethyl adjacent to an activating group) is 1. The van der Waals surface area contributed by atoms with Gasteiger partial charge in [-0.1, -0.05) is 0 Å². The number of hydrazone groups is 1. The van der Waals surface area contributed by atoms with Crippen LogP contribution in [-0.4, -0.2) is 50.7 Å². The zero-order valence-corrected chi connectivity index (χ0v) is 23.4. The summed E-state index contributed by atoms with van der Waals surface area (Å²) >= 11 is 0. The lowest BCUT2D eigenvalue weighted by Crippen LogP contribution is -2.43. The van der Waals surface area contributed by atoms with Crippen molar-refractivity contribution in [3.63, 3.8) is 0 Å². The lowest BCUT2D eigenvalue weighted by atomic mass is 9.93. The molecule has 1 atom stereocenters. The largest absolute Gasteiger partial charge is 0.492 e. The Morgan fingerprint density at radius 1 is 1.07 bits per heavy atom. The molecule has 41 heavy (non-hydrogen) atoms. The standard InChI is InChI=1S/C25H30F6N6O3S/c1-23(2,22-32-34-35-33-22)14-40-20-12-21-19(11-18(20)25(29,30)31)37(16-7-5-15(26)6-8-16)13-17(9-10-24(3,27)28)36(4)41(21,38)39/h5-8,11-12,17,34-35H,9-10,13-14H2,1-4H3,(H,32,33). The van der Waals surface area contributed by atoms with E-state index < -0.39 is 62.0 Å². The summed E-state index contributed by atoms with van der Waals surface area (Å²) in [6.45, 7) is 3.42.